The second-order valence-corrected chi connectivity index (χ2v) is 2.64. The van der Waals surface area contributed by atoms with Crippen molar-refractivity contribution in [3.63, 3.8) is 0 Å². The van der Waals surface area contributed by atoms with Gasteiger partial charge in [0.25, 0.3) is 5.69 Å². The predicted molar refractivity (Wildman–Crippen MR) is 50.6 cm³/mol. The molecule has 76 valence electrons. The molecule has 0 saturated heterocycles. The normalized spacial score (nSPS) is 9.86. The van der Waals surface area contributed by atoms with Crippen molar-refractivity contribution in [2.75, 3.05) is 18.4 Å². The highest BCUT2D eigenvalue weighted by Crippen LogP contribution is 2.19. The molecule has 0 unspecified atom stereocenters. The Balaban J connectivity index is 2.84. The second kappa shape index (κ2) is 4.52. The molecule has 0 bridgehead atoms. The molecule has 0 amide bonds. The van der Waals surface area contributed by atoms with E-state index in [0.717, 1.165) is 6.07 Å². The van der Waals surface area contributed by atoms with Crippen LogP contribution in [0.5, 0.6) is 0 Å². The van der Waals surface area contributed by atoms with Gasteiger partial charge in [0.1, 0.15) is 0 Å². The lowest BCUT2D eigenvalue weighted by molar-refractivity contribution is -0.385. The average Bonchev–Trinajstić information content (AvgIpc) is 2.15. The summed E-state index contributed by atoms with van der Waals surface area (Å²) in [6.45, 7) is 0.797. The van der Waals surface area contributed by atoms with Gasteiger partial charge in [-0.05, 0) is 6.07 Å². The maximum Gasteiger partial charge on any atom is 0.272 e. The van der Waals surface area contributed by atoms with Crippen molar-refractivity contribution in [2.24, 2.45) is 5.73 Å². The van der Waals surface area contributed by atoms with Gasteiger partial charge in [-0.15, -0.1) is 0 Å². The minimum absolute atomic E-state index is 0.223. The van der Waals surface area contributed by atoms with Crippen LogP contribution in [0.4, 0.5) is 15.8 Å². The lowest BCUT2D eigenvalue weighted by Gasteiger charge is -2.04. The van der Waals surface area contributed by atoms with E-state index < -0.39 is 10.7 Å². The van der Waals surface area contributed by atoms with E-state index in [4.69, 9.17) is 5.73 Å². The molecule has 0 atom stereocenters. The molecule has 0 aromatic heterocycles. The van der Waals surface area contributed by atoms with Crippen LogP contribution in [0.15, 0.2) is 18.2 Å². The summed E-state index contributed by atoms with van der Waals surface area (Å²) in [5, 5.41) is 13.0. The summed E-state index contributed by atoms with van der Waals surface area (Å²) in [4.78, 5) is 9.63. The molecule has 1 aromatic rings. The number of anilines is 1. The monoisotopic (exact) mass is 199 g/mol. The van der Waals surface area contributed by atoms with Gasteiger partial charge in [0.15, 0.2) is 5.82 Å². The minimum atomic E-state index is -0.646. The maximum atomic E-state index is 13.1. The molecule has 0 aliphatic rings. The molecular formula is C8H10FN3O2. The summed E-state index contributed by atoms with van der Waals surface area (Å²) in [6.07, 6.45) is 0. The Hall–Kier alpha value is -1.69. The number of hydrogen-bond acceptors (Lipinski definition) is 4. The fourth-order valence-electron chi connectivity index (χ4n) is 0.968. The first-order chi connectivity index (χ1) is 6.65. The third-order valence-corrected chi connectivity index (χ3v) is 1.62. The highest BCUT2D eigenvalue weighted by atomic mass is 19.1. The van der Waals surface area contributed by atoms with E-state index in [0.29, 0.717) is 13.1 Å². The van der Waals surface area contributed by atoms with Gasteiger partial charge in [-0.2, -0.15) is 0 Å². The zero-order valence-electron chi connectivity index (χ0n) is 7.37. The van der Waals surface area contributed by atoms with Crippen LogP contribution in [-0.4, -0.2) is 18.0 Å². The molecule has 0 spiro atoms. The van der Waals surface area contributed by atoms with Crippen molar-refractivity contribution >= 4 is 11.4 Å². The molecule has 0 radical (unpaired) electrons. The number of rotatable bonds is 4. The van der Waals surface area contributed by atoms with E-state index >= 15 is 0 Å². The number of halogens is 1. The van der Waals surface area contributed by atoms with Crippen molar-refractivity contribution in [2.45, 2.75) is 0 Å². The number of nitrogens with two attached hydrogens (primary N) is 1. The van der Waals surface area contributed by atoms with Crippen LogP contribution in [0.3, 0.4) is 0 Å². The second-order valence-electron chi connectivity index (χ2n) is 2.64. The van der Waals surface area contributed by atoms with Crippen LogP contribution in [0.2, 0.25) is 0 Å². The van der Waals surface area contributed by atoms with E-state index in [1.807, 2.05) is 0 Å². The topological polar surface area (TPSA) is 81.2 Å². The predicted octanol–water partition coefficient (Wildman–Crippen LogP) is 1.10. The molecule has 0 aliphatic carbocycles. The fourth-order valence-corrected chi connectivity index (χ4v) is 0.968. The van der Waals surface area contributed by atoms with E-state index in [-0.39, 0.29) is 11.4 Å². The van der Waals surface area contributed by atoms with Crippen LogP contribution in [0.1, 0.15) is 0 Å². The molecular weight excluding hydrogens is 189 g/mol. The van der Waals surface area contributed by atoms with Crippen LogP contribution in [-0.2, 0) is 0 Å². The van der Waals surface area contributed by atoms with Crippen molar-refractivity contribution in [1.82, 2.24) is 0 Å². The largest absolute Gasteiger partial charge is 0.381 e. The Morgan fingerprint density at radius 1 is 1.57 bits per heavy atom. The molecule has 5 nitrogen and oxygen atoms in total. The zero-order chi connectivity index (χ0) is 10.6. The van der Waals surface area contributed by atoms with Gasteiger partial charge in [-0.3, -0.25) is 10.1 Å². The molecule has 0 saturated carbocycles. The van der Waals surface area contributed by atoms with Crippen molar-refractivity contribution in [3.8, 4) is 0 Å². The highest BCUT2D eigenvalue weighted by molar-refractivity contribution is 5.50. The van der Waals surface area contributed by atoms with Crippen LogP contribution >= 0.6 is 0 Å². The first-order valence-electron chi connectivity index (χ1n) is 4.03. The molecule has 0 heterocycles. The summed E-state index contributed by atoms with van der Waals surface area (Å²) in [5.74, 6) is -0.646. The number of nitrogens with one attached hydrogen (secondary N) is 1. The molecule has 1 aromatic carbocycles. The summed E-state index contributed by atoms with van der Waals surface area (Å²) in [7, 11) is 0. The highest BCUT2D eigenvalue weighted by Gasteiger charge is 2.09. The standard InChI is InChI=1S/C8H10FN3O2/c9-7-5-6(12(13)14)1-2-8(7)11-4-3-10/h1-2,5,11H,3-4,10H2. The Labute approximate surface area is 79.9 Å². The Morgan fingerprint density at radius 2 is 2.29 bits per heavy atom. The third kappa shape index (κ3) is 2.40. The van der Waals surface area contributed by atoms with Crippen LogP contribution in [0, 0.1) is 15.9 Å². The summed E-state index contributed by atoms with van der Waals surface area (Å²) >= 11 is 0. The van der Waals surface area contributed by atoms with Gasteiger partial charge < -0.3 is 11.1 Å². The van der Waals surface area contributed by atoms with Gasteiger partial charge in [0.2, 0.25) is 0 Å². The Bertz CT molecular complexity index is 343. The number of hydrogen-bond donors (Lipinski definition) is 2. The quantitative estimate of drug-likeness (QED) is 0.562. The average molecular weight is 199 g/mol. The molecule has 6 heteroatoms. The van der Waals surface area contributed by atoms with Gasteiger partial charge in [0, 0.05) is 19.2 Å². The van der Waals surface area contributed by atoms with Crippen LogP contribution < -0.4 is 11.1 Å². The van der Waals surface area contributed by atoms with Crippen molar-refractivity contribution < 1.29 is 9.31 Å². The number of nitro benzene ring substituents is 1. The molecule has 0 aliphatic heterocycles. The minimum Gasteiger partial charge on any atom is -0.381 e. The van der Waals surface area contributed by atoms with E-state index in [1.54, 1.807) is 0 Å². The van der Waals surface area contributed by atoms with Gasteiger partial charge >= 0.3 is 0 Å². The lowest BCUT2D eigenvalue weighted by atomic mass is 10.2. The summed E-state index contributed by atoms with van der Waals surface area (Å²) < 4.78 is 13.1. The molecule has 1 rings (SSSR count). The van der Waals surface area contributed by atoms with Gasteiger partial charge in [0.05, 0.1) is 16.7 Å². The first-order valence-corrected chi connectivity index (χ1v) is 4.03. The van der Waals surface area contributed by atoms with Gasteiger partial charge in [-0.1, -0.05) is 0 Å². The number of benzene rings is 1. The molecule has 3 N–H and O–H groups in total. The Morgan fingerprint density at radius 3 is 2.79 bits per heavy atom. The van der Waals surface area contributed by atoms with Gasteiger partial charge in [-0.25, -0.2) is 4.39 Å². The number of nitrogens with zero attached hydrogens (tertiary/aromatic N) is 1. The SMILES string of the molecule is NCCNc1ccc([N+](=O)[O-])cc1F. The maximum absolute atomic E-state index is 13.1. The molecule has 0 fully saturated rings. The lowest BCUT2D eigenvalue weighted by Crippen LogP contribution is -2.13. The molecule has 14 heavy (non-hydrogen) atoms. The Kier molecular flexibility index (Phi) is 3.35. The summed E-state index contributed by atoms with van der Waals surface area (Å²) in [5.41, 5.74) is 5.17. The van der Waals surface area contributed by atoms with E-state index in [2.05, 4.69) is 5.32 Å². The van der Waals surface area contributed by atoms with Crippen molar-refractivity contribution in [1.29, 1.82) is 0 Å². The fraction of sp³-hybridized carbons (Fsp3) is 0.250. The van der Waals surface area contributed by atoms with Crippen molar-refractivity contribution in [3.05, 3.63) is 34.1 Å². The first kappa shape index (κ1) is 10.4. The van der Waals surface area contributed by atoms with E-state index in [1.165, 1.54) is 12.1 Å². The third-order valence-electron chi connectivity index (χ3n) is 1.62. The zero-order valence-corrected chi connectivity index (χ0v) is 7.37. The van der Waals surface area contributed by atoms with E-state index in [9.17, 15) is 14.5 Å². The smallest absolute Gasteiger partial charge is 0.272 e. The number of nitro groups is 1. The summed E-state index contributed by atoms with van der Waals surface area (Å²) in [6, 6.07) is 3.43. The van der Waals surface area contributed by atoms with Crippen LogP contribution in [0.25, 0.3) is 0 Å². The number of non-ortho nitro benzene ring substituents is 1.